The molecule has 0 spiro atoms. The van der Waals surface area contributed by atoms with Crippen molar-refractivity contribution in [1.29, 1.82) is 5.26 Å². The molecule has 0 saturated heterocycles. The first-order valence-electron chi connectivity index (χ1n) is 4.24. The van der Waals surface area contributed by atoms with Gasteiger partial charge in [0.05, 0.1) is 0 Å². The molecule has 0 aliphatic rings. The first-order valence-corrected chi connectivity index (χ1v) is 4.24. The summed E-state index contributed by atoms with van der Waals surface area (Å²) in [6, 6.07) is 9.53. The standard InChI is InChI=1S/C11H8N2O/c12-4-6-14-11-2-1-9-3-5-13-8-10(9)7-11/h1-3,5,7-8H,6H2. The summed E-state index contributed by atoms with van der Waals surface area (Å²) >= 11 is 0. The quantitative estimate of drug-likeness (QED) is 0.718. The molecule has 0 fully saturated rings. The van der Waals surface area contributed by atoms with Crippen LogP contribution in [0.2, 0.25) is 0 Å². The summed E-state index contributed by atoms with van der Waals surface area (Å²) < 4.78 is 5.17. The minimum absolute atomic E-state index is 0.0752. The molecular weight excluding hydrogens is 176 g/mol. The van der Waals surface area contributed by atoms with E-state index in [1.807, 2.05) is 30.3 Å². The highest BCUT2D eigenvalue weighted by Crippen LogP contribution is 2.19. The Morgan fingerprint density at radius 2 is 2.21 bits per heavy atom. The van der Waals surface area contributed by atoms with Crippen LogP contribution in [0.15, 0.2) is 36.7 Å². The topological polar surface area (TPSA) is 45.9 Å². The third kappa shape index (κ3) is 1.64. The number of rotatable bonds is 2. The lowest BCUT2D eigenvalue weighted by atomic mass is 10.2. The Balaban J connectivity index is 2.37. The second-order valence-corrected chi connectivity index (χ2v) is 2.83. The monoisotopic (exact) mass is 184 g/mol. The zero-order chi connectivity index (χ0) is 9.80. The number of hydrogen-bond donors (Lipinski definition) is 0. The van der Waals surface area contributed by atoms with E-state index in [1.165, 1.54) is 0 Å². The van der Waals surface area contributed by atoms with Gasteiger partial charge in [-0.05, 0) is 23.6 Å². The van der Waals surface area contributed by atoms with Gasteiger partial charge in [-0.1, -0.05) is 6.07 Å². The second-order valence-electron chi connectivity index (χ2n) is 2.83. The molecule has 0 amide bonds. The third-order valence-corrected chi connectivity index (χ3v) is 1.92. The van der Waals surface area contributed by atoms with E-state index in [0.717, 1.165) is 10.8 Å². The molecule has 0 bridgehead atoms. The fourth-order valence-electron chi connectivity index (χ4n) is 1.27. The van der Waals surface area contributed by atoms with E-state index >= 15 is 0 Å². The van der Waals surface area contributed by atoms with Gasteiger partial charge in [-0.2, -0.15) is 5.26 Å². The molecule has 3 nitrogen and oxygen atoms in total. The van der Waals surface area contributed by atoms with E-state index in [0.29, 0.717) is 5.75 Å². The highest BCUT2D eigenvalue weighted by Gasteiger charge is 1.96. The van der Waals surface area contributed by atoms with Crippen LogP contribution < -0.4 is 4.74 Å². The average molecular weight is 184 g/mol. The summed E-state index contributed by atoms with van der Waals surface area (Å²) in [7, 11) is 0. The molecule has 0 aliphatic carbocycles. The van der Waals surface area contributed by atoms with Gasteiger partial charge in [0.1, 0.15) is 11.8 Å². The number of benzene rings is 1. The lowest BCUT2D eigenvalue weighted by Gasteiger charge is -2.02. The van der Waals surface area contributed by atoms with Crippen LogP contribution in [-0.2, 0) is 0 Å². The van der Waals surface area contributed by atoms with Crippen LogP contribution in [0, 0.1) is 11.3 Å². The van der Waals surface area contributed by atoms with Crippen LogP contribution in [0.25, 0.3) is 10.8 Å². The van der Waals surface area contributed by atoms with Crippen molar-refractivity contribution in [2.75, 3.05) is 6.61 Å². The van der Waals surface area contributed by atoms with Gasteiger partial charge in [-0.15, -0.1) is 0 Å². The molecule has 14 heavy (non-hydrogen) atoms. The Labute approximate surface area is 81.6 Å². The van der Waals surface area contributed by atoms with Crippen molar-refractivity contribution in [1.82, 2.24) is 4.98 Å². The molecule has 2 aromatic rings. The predicted octanol–water partition coefficient (Wildman–Crippen LogP) is 2.14. The van der Waals surface area contributed by atoms with Crippen molar-refractivity contribution in [2.24, 2.45) is 0 Å². The van der Waals surface area contributed by atoms with E-state index in [4.69, 9.17) is 10.00 Å². The van der Waals surface area contributed by atoms with Gasteiger partial charge in [-0.3, -0.25) is 4.98 Å². The van der Waals surface area contributed by atoms with Crippen molar-refractivity contribution >= 4 is 10.8 Å². The Bertz CT molecular complexity index is 488. The molecule has 1 heterocycles. The molecule has 0 N–H and O–H groups in total. The van der Waals surface area contributed by atoms with Gasteiger partial charge >= 0.3 is 0 Å². The summed E-state index contributed by atoms with van der Waals surface area (Å²) in [6.07, 6.45) is 3.52. The van der Waals surface area contributed by atoms with Crippen LogP contribution in [-0.4, -0.2) is 11.6 Å². The van der Waals surface area contributed by atoms with Crippen molar-refractivity contribution in [3.63, 3.8) is 0 Å². The molecule has 0 atom stereocenters. The fraction of sp³-hybridized carbons (Fsp3) is 0.0909. The van der Waals surface area contributed by atoms with Crippen LogP contribution in [0.4, 0.5) is 0 Å². The maximum atomic E-state index is 8.35. The van der Waals surface area contributed by atoms with Crippen molar-refractivity contribution in [2.45, 2.75) is 0 Å². The molecule has 68 valence electrons. The molecule has 0 saturated carbocycles. The van der Waals surface area contributed by atoms with E-state index in [9.17, 15) is 0 Å². The summed E-state index contributed by atoms with van der Waals surface area (Å²) in [5, 5.41) is 10.5. The largest absolute Gasteiger partial charge is 0.479 e. The normalized spacial score (nSPS) is 9.64. The summed E-state index contributed by atoms with van der Waals surface area (Å²) in [5.74, 6) is 0.701. The minimum Gasteiger partial charge on any atom is -0.479 e. The Morgan fingerprint density at radius 3 is 3.07 bits per heavy atom. The SMILES string of the molecule is N#CCOc1ccc2ccncc2c1. The Morgan fingerprint density at radius 1 is 1.29 bits per heavy atom. The van der Waals surface area contributed by atoms with Gasteiger partial charge < -0.3 is 4.74 Å². The molecule has 0 radical (unpaired) electrons. The van der Waals surface area contributed by atoms with Gasteiger partial charge in [0.2, 0.25) is 0 Å². The van der Waals surface area contributed by atoms with Crippen LogP contribution in [0.5, 0.6) is 5.75 Å². The molecule has 1 aromatic carbocycles. The maximum Gasteiger partial charge on any atom is 0.174 e. The lowest BCUT2D eigenvalue weighted by Crippen LogP contribution is -1.92. The van der Waals surface area contributed by atoms with Gasteiger partial charge in [0.25, 0.3) is 0 Å². The number of hydrogen-bond acceptors (Lipinski definition) is 3. The van der Waals surface area contributed by atoms with Crippen molar-refractivity contribution in [3.8, 4) is 11.8 Å². The second kappa shape index (κ2) is 3.75. The van der Waals surface area contributed by atoms with Crippen LogP contribution in [0.1, 0.15) is 0 Å². The van der Waals surface area contributed by atoms with Gasteiger partial charge in [0, 0.05) is 17.8 Å². The molecule has 2 rings (SSSR count). The number of pyridine rings is 1. The molecule has 3 heteroatoms. The van der Waals surface area contributed by atoms with E-state index < -0.39 is 0 Å². The highest BCUT2D eigenvalue weighted by molar-refractivity contribution is 5.82. The lowest BCUT2D eigenvalue weighted by molar-refractivity contribution is 0.368. The zero-order valence-corrected chi connectivity index (χ0v) is 7.47. The third-order valence-electron chi connectivity index (χ3n) is 1.92. The number of fused-ring (bicyclic) bond motifs is 1. The summed E-state index contributed by atoms with van der Waals surface area (Å²) in [5.41, 5.74) is 0. The average Bonchev–Trinajstić information content (AvgIpc) is 2.26. The number of ether oxygens (including phenoxy) is 1. The van der Waals surface area contributed by atoms with Gasteiger partial charge in [-0.25, -0.2) is 0 Å². The Kier molecular flexibility index (Phi) is 2.28. The first kappa shape index (κ1) is 8.52. The van der Waals surface area contributed by atoms with E-state index in [1.54, 1.807) is 12.4 Å². The molecule has 0 aliphatic heterocycles. The van der Waals surface area contributed by atoms with Crippen LogP contribution >= 0.6 is 0 Å². The zero-order valence-electron chi connectivity index (χ0n) is 7.47. The highest BCUT2D eigenvalue weighted by atomic mass is 16.5. The van der Waals surface area contributed by atoms with Gasteiger partial charge in [0.15, 0.2) is 6.61 Å². The minimum atomic E-state index is 0.0752. The predicted molar refractivity (Wildman–Crippen MR) is 52.9 cm³/mol. The van der Waals surface area contributed by atoms with Crippen molar-refractivity contribution < 1.29 is 4.74 Å². The molecule has 0 unspecified atom stereocenters. The maximum absolute atomic E-state index is 8.35. The van der Waals surface area contributed by atoms with Crippen molar-refractivity contribution in [3.05, 3.63) is 36.7 Å². The number of nitriles is 1. The summed E-state index contributed by atoms with van der Waals surface area (Å²) in [6.45, 7) is 0.0752. The smallest absolute Gasteiger partial charge is 0.174 e. The van der Waals surface area contributed by atoms with E-state index in [-0.39, 0.29) is 6.61 Å². The summed E-state index contributed by atoms with van der Waals surface area (Å²) in [4.78, 5) is 4.01. The molecular formula is C11H8N2O. The fourth-order valence-corrected chi connectivity index (χ4v) is 1.27. The number of nitrogens with zero attached hydrogens (tertiary/aromatic N) is 2. The number of aromatic nitrogens is 1. The Hall–Kier alpha value is -2.08. The van der Waals surface area contributed by atoms with Crippen LogP contribution in [0.3, 0.4) is 0 Å². The first-order chi connectivity index (χ1) is 6.90. The van der Waals surface area contributed by atoms with E-state index in [2.05, 4.69) is 4.98 Å². The molecule has 1 aromatic heterocycles.